The van der Waals surface area contributed by atoms with Crippen LogP contribution in [0, 0.1) is 0 Å². The zero-order valence-electron chi connectivity index (χ0n) is 32.3. The molecule has 0 atom stereocenters. The van der Waals surface area contributed by atoms with Crippen molar-refractivity contribution in [3.63, 3.8) is 0 Å². The van der Waals surface area contributed by atoms with E-state index in [4.69, 9.17) is 11.5 Å². The molecule has 280 valence electrons. The van der Waals surface area contributed by atoms with Gasteiger partial charge in [0.2, 0.25) is 5.91 Å². The third-order valence-corrected chi connectivity index (χ3v) is 10.0. The summed E-state index contributed by atoms with van der Waals surface area (Å²) in [5.74, 6) is 0.474. The van der Waals surface area contributed by atoms with Gasteiger partial charge >= 0.3 is 0 Å². The highest BCUT2D eigenvalue weighted by Crippen LogP contribution is 2.16. The van der Waals surface area contributed by atoms with Crippen molar-refractivity contribution in [2.24, 2.45) is 16.5 Å². The Morgan fingerprint density at radius 2 is 0.681 bits per heavy atom. The Labute approximate surface area is 295 Å². The van der Waals surface area contributed by atoms with E-state index in [0.29, 0.717) is 18.9 Å². The van der Waals surface area contributed by atoms with E-state index in [-0.39, 0.29) is 5.96 Å². The predicted octanol–water partition coefficient (Wildman–Crippen LogP) is 12.8. The topological polar surface area (TPSA) is 84.7 Å². The first-order valence-electron chi connectivity index (χ1n) is 21.4. The summed E-state index contributed by atoms with van der Waals surface area (Å²) in [7, 11) is 0. The molecule has 5 heteroatoms. The Morgan fingerprint density at radius 1 is 0.404 bits per heavy atom. The first-order valence-corrected chi connectivity index (χ1v) is 21.4. The summed E-state index contributed by atoms with van der Waals surface area (Å²) in [4.78, 5) is 19.3. The molecule has 4 N–H and O–H groups in total. The predicted molar refractivity (Wildman–Crippen MR) is 210 cm³/mol. The molecule has 0 spiro atoms. The summed E-state index contributed by atoms with van der Waals surface area (Å²) in [5, 5.41) is 0. The molecule has 0 aromatic rings. The smallest absolute Gasteiger partial charge is 0.222 e. The first-order chi connectivity index (χ1) is 23.1. The van der Waals surface area contributed by atoms with Gasteiger partial charge in [0.1, 0.15) is 0 Å². The van der Waals surface area contributed by atoms with Crippen LogP contribution in [0.15, 0.2) is 4.99 Å². The van der Waals surface area contributed by atoms with E-state index in [1.165, 1.54) is 193 Å². The van der Waals surface area contributed by atoms with Crippen molar-refractivity contribution in [3.8, 4) is 0 Å². The molecule has 0 aliphatic heterocycles. The van der Waals surface area contributed by atoms with E-state index in [1.807, 2.05) is 0 Å². The lowest BCUT2D eigenvalue weighted by molar-refractivity contribution is -0.131. The fraction of sp³-hybridized carbons (Fsp3) is 0.952. The molecule has 0 aromatic carbocycles. The Bertz CT molecular complexity index is 613. The molecular formula is C42H86N4O. The molecule has 0 heterocycles. The summed E-state index contributed by atoms with van der Waals surface area (Å²) in [6, 6.07) is 0. The second kappa shape index (κ2) is 39.2. The molecule has 0 aliphatic carbocycles. The van der Waals surface area contributed by atoms with Crippen LogP contribution < -0.4 is 11.5 Å². The molecule has 0 bridgehead atoms. The molecule has 0 saturated heterocycles. The minimum atomic E-state index is 0.143. The fourth-order valence-electron chi connectivity index (χ4n) is 6.82. The van der Waals surface area contributed by atoms with E-state index in [2.05, 4.69) is 23.7 Å². The van der Waals surface area contributed by atoms with Crippen molar-refractivity contribution >= 4 is 11.9 Å². The molecule has 0 fully saturated rings. The largest absolute Gasteiger partial charge is 0.370 e. The van der Waals surface area contributed by atoms with Crippen LogP contribution in [0.2, 0.25) is 0 Å². The van der Waals surface area contributed by atoms with Gasteiger partial charge in [0, 0.05) is 26.1 Å². The molecule has 0 radical (unpaired) electrons. The Balaban J connectivity index is 3.93. The van der Waals surface area contributed by atoms with Crippen molar-refractivity contribution in [2.75, 3.05) is 19.6 Å². The minimum Gasteiger partial charge on any atom is -0.370 e. The van der Waals surface area contributed by atoms with Gasteiger partial charge in [-0.05, 0) is 25.7 Å². The third-order valence-electron chi connectivity index (χ3n) is 10.0. The van der Waals surface area contributed by atoms with Gasteiger partial charge in [0.25, 0.3) is 0 Å². The number of carbonyl (C=O) groups excluding carboxylic acids is 1. The third kappa shape index (κ3) is 37.4. The number of amides is 1. The van der Waals surface area contributed by atoms with Crippen LogP contribution in [0.3, 0.4) is 0 Å². The summed E-state index contributed by atoms with van der Waals surface area (Å²) < 4.78 is 0. The number of unbranched alkanes of at least 4 members (excludes halogenated alkanes) is 31. The molecule has 0 unspecified atom stereocenters. The van der Waals surface area contributed by atoms with Gasteiger partial charge in [-0.3, -0.25) is 9.79 Å². The highest BCUT2D eigenvalue weighted by atomic mass is 16.2. The monoisotopic (exact) mass is 663 g/mol. The number of nitrogens with two attached hydrogens (primary N) is 2. The van der Waals surface area contributed by atoms with E-state index >= 15 is 0 Å². The van der Waals surface area contributed by atoms with Crippen LogP contribution in [0.25, 0.3) is 0 Å². The summed E-state index contributed by atoms with van der Waals surface area (Å²) >= 11 is 0. The summed E-state index contributed by atoms with van der Waals surface area (Å²) in [6.45, 7) is 7.08. The van der Waals surface area contributed by atoms with Crippen molar-refractivity contribution in [3.05, 3.63) is 0 Å². The highest BCUT2D eigenvalue weighted by Gasteiger charge is 2.12. The van der Waals surface area contributed by atoms with Crippen LogP contribution in [-0.2, 0) is 4.79 Å². The van der Waals surface area contributed by atoms with E-state index in [9.17, 15) is 4.79 Å². The van der Waals surface area contributed by atoms with Crippen molar-refractivity contribution in [1.29, 1.82) is 0 Å². The molecule has 1 amide bonds. The maximum atomic E-state index is 13.1. The molecule has 47 heavy (non-hydrogen) atoms. The van der Waals surface area contributed by atoms with E-state index < -0.39 is 0 Å². The lowest BCUT2D eigenvalue weighted by Gasteiger charge is -2.23. The minimum absolute atomic E-state index is 0.143. The average molecular weight is 663 g/mol. The average Bonchev–Trinajstić information content (AvgIpc) is 3.06. The lowest BCUT2D eigenvalue weighted by atomic mass is 10.0. The van der Waals surface area contributed by atoms with Gasteiger partial charge in [0.15, 0.2) is 5.96 Å². The van der Waals surface area contributed by atoms with Crippen molar-refractivity contribution < 1.29 is 4.79 Å². The Hall–Kier alpha value is -1.26. The molecule has 0 aliphatic rings. The van der Waals surface area contributed by atoms with Gasteiger partial charge in [0.05, 0.1) is 0 Å². The second-order valence-corrected chi connectivity index (χ2v) is 14.8. The maximum Gasteiger partial charge on any atom is 0.222 e. The summed E-state index contributed by atoms with van der Waals surface area (Å²) in [6.07, 6.45) is 46.6. The number of nitrogens with zero attached hydrogens (tertiary/aromatic N) is 2. The standard InChI is InChI=1S/C42H86N4O/c1-3-5-7-9-11-13-15-17-19-21-23-25-27-29-31-35-39-46(41(47)37-33-34-38-45-42(43)44)40-36-32-30-28-26-24-22-20-18-16-14-12-10-8-6-4-2/h3-40H2,1-2H3,(H4,43,44,45). The SMILES string of the molecule is CCCCCCCCCCCCCCCCCCN(CCCCCCCCCCCCCCCCCC)C(=O)CCCCN=C(N)N. The van der Waals surface area contributed by atoms with Crippen molar-refractivity contribution in [2.45, 2.75) is 239 Å². The van der Waals surface area contributed by atoms with Crippen LogP contribution >= 0.6 is 0 Å². The Morgan fingerprint density at radius 3 is 0.957 bits per heavy atom. The van der Waals surface area contributed by atoms with E-state index in [0.717, 1.165) is 38.8 Å². The molecule has 0 aromatic heterocycles. The number of rotatable bonds is 39. The fourth-order valence-corrected chi connectivity index (χ4v) is 6.82. The van der Waals surface area contributed by atoms with Crippen LogP contribution in [0.1, 0.15) is 239 Å². The van der Waals surface area contributed by atoms with Gasteiger partial charge in [-0.1, -0.05) is 206 Å². The van der Waals surface area contributed by atoms with Crippen LogP contribution in [-0.4, -0.2) is 36.4 Å². The number of hydrogen-bond donors (Lipinski definition) is 2. The van der Waals surface area contributed by atoms with Gasteiger partial charge in [-0.2, -0.15) is 0 Å². The number of guanidine groups is 1. The first kappa shape index (κ1) is 45.7. The van der Waals surface area contributed by atoms with Crippen LogP contribution in [0.4, 0.5) is 0 Å². The number of aliphatic imine (C=N–C) groups is 1. The normalized spacial score (nSPS) is 11.3. The molecule has 5 nitrogen and oxygen atoms in total. The van der Waals surface area contributed by atoms with Crippen molar-refractivity contribution in [1.82, 2.24) is 4.90 Å². The molecular weight excluding hydrogens is 576 g/mol. The molecule has 0 saturated carbocycles. The zero-order chi connectivity index (χ0) is 34.3. The zero-order valence-corrected chi connectivity index (χ0v) is 32.3. The quantitative estimate of drug-likeness (QED) is 0.0390. The van der Waals surface area contributed by atoms with Gasteiger partial charge in [-0.25, -0.2) is 0 Å². The Kier molecular flexibility index (Phi) is 38.1. The van der Waals surface area contributed by atoms with Crippen LogP contribution in [0.5, 0.6) is 0 Å². The van der Waals surface area contributed by atoms with Gasteiger partial charge in [-0.15, -0.1) is 0 Å². The summed E-state index contributed by atoms with van der Waals surface area (Å²) in [5.41, 5.74) is 10.9. The number of carbonyl (C=O) groups is 1. The van der Waals surface area contributed by atoms with Gasteiger partial charge < -0.3 is 16.4 Å². The highest BCUT2D eigenvalue weighted by molar-refractivity contribution is 5.76. The van der Waals surface area contributed by atoms with E-state index in [1.54, 1.807) is 0 Å². The molecule has 0 rings (SSSR count). The number of hydrogen-bond acceptors (Lipinski definition) is 2. The lowest BCUT2D eigenvalue weighted by Crippen LogP contribution is -2.32. The second-order valence-electron chi connectivity index (χ2n) is 14.8. The maximum absolute atomic E-state index is 13.1.